The van der Waals surface area contributed by atoms with E-state index < -0.39 is 11.6 Å². The number of nitrogens with one attached hydrogen (secondary N) is 1. The van der Waals surface area contributed by atoms with Crippen molar-refractivity contribution >= 4 is 5.82 Å². The Balaban J connectivity index is 2.73. The fraction of sp³-hybridized carbons (Fsp3) is 0.545. The second-order valence-electron chi connectivity index (χ2n) is 4.11. The second-order valence-corrected chi connectivity index (χ2v) is 4.11. The Morgan fingerprint density at radius 1 is 1.47 bits per heavy atom. The number of hydrogen-bond acceptors (Lipinski definition) is 4. The third-order valence-electron chi connectivity index (χ3n) is 2.47. The Bertz CT molecular complexity index is 307. The number of pyridine rings is 1. The van der Waals surface area contributed by atoms with E-state index in [9.17, 15) is 5.11 Å². The number of ether oxygens (including phenoxy) is 1. The molecule has 1 heterocycles. The molecule has 1 aromatic heterocycles. The molecule has 4 heteroatoms. The summed E-state index contributed by atoms with van der Waals surface area (Å²) in [6, 6.07) is 3.65. The van der Waals surface area contributed by atoms with Gasteiger partial charge in [0.25, 0.3) is 0 Å². The molecule has 0 radical (unpaired) electrons. The Hall–Kier alpha value is -1.29. The van der Waals surface area contributed by atoms with Crippen molar-refractivity contribution in [3.8, 4) is 5.75 Å². The highest BCUT2D eigenvalue weighted by Crippen LogP contribution is 2.18. The van der Waals surface area contributed by atoms with Crippen molar-refractivity contribution in [1.29, 1.82) is 0 Å². The maximum atomic E-state index is 9.53. The van der Waals surface area contributed by atoms with Crippen LogP contribution in [0, 0.1) is 0 Å². The van der Waals surface area contributed by atoms with Crippen LogP contribution in [-0.2, 0) is 0 Å². The Morgan fingerprint density at radius 3 is 2.53 bits per heavy atom. The average Bonchev–Trinajstić information content (AvgIpc) is 2.18. The minimum absolute atomic E-state index is 0.401. The van der Waals surface area contributed by atoms with Gasteiger partial charge in [-0.15, -0.1) is 0 Å². The third-order valence-corrected chi connectivity index (χ3v) is 2.47. The lowest BCUT2D eigenvalue weighted by Crippen LogP contribution is -2.42. The van der Waals surface area contributed by atoms with Gasteiger partial charge in [-0.1, -0.05) is 0 Å². The highest BCUT2D eigenvalue weighted by molar-refractivity contribution is 5.40. The van der Waals surface area contributed by atoms with E-state index >= 15 is 0 Å². The highest BCUT2D eigenvalue weighted by atomic mass is 16.5. The van der Waals surface area contributed by atoms with Gasteiger partial charge in [0.2, 0.25) is 0 Å². The fourth-order valence-electron chi connectivity index (χ4n) is 1.01. The number of aromatic nitrogens is 1. The van der Waals surface area contributed by atoms with Gasteiger partial charge in [0, 0.05) is 0 Å². The SMILES string of the molecule is COc1ccc(NC(C)(C)C(C)O)nc1. The lowest BCUT2D eigenvalue weighted by atomic mass is 9.99. The first kappa shape index (κ1) is 11.8. The molecule has 1 unspecified atom stereocenters. The normalized spacial score (nSPS) is 13.4. The molecule has 2 N–H and O–H groups in total. The zero-order valence-corrected chi connectivity index (χ0v) is 9.61. The Kier molecular flexibility index (Phi) is 3.52. The van der Waals surface area contributed by atoms with Crippen LogP contribution in [0.4, 0.5) is 5.82 Å². The molecule has 0 bridgehead atoms. The van der Waals surface area contributed by atoms with Crippen LogP contribution in [0.1, 0.15) is 20.8 Å². The van der Waals surface area contributed by atoms with Crippen molar-refractivity contribution in [2.24, 2.45) is 0 Å². The average molecular weight is 210 g/mol. The van der Waals surface area contributed by atoms with E-state index in [2.05, 4.69) is 10.3 Å². The largest absolute Gasteiger partial charge is 0.495 e. The van der Waals surface area contributed by atoms with E-state index in [0.29, 0.717) is 0 Å². The molecule has 15 heavy (non-hydrogen) atoms. The highest BCUT2D eigenvalue weighted by Gasteiger charge is 2.23. The van der Waals surface area contributed by atoms with Crippen LogP contribution >= 0.6 is 0 Å². The lowest BCUT2D eigenvalue weighted by molar-refractivity contribution is 0.133. The van der Waals surface area contributed by atoms with E-state index in [1.807, 2.05) is 26.0 Å². The Morgan fingerprint density at radius 2 is 2.13 bits per heavy atom. The lowest BCUT2D eigenvalue weighted by Gasteiger charge is -2.29. The van der Waals surface area contributed by atoms with Crippen LogP contribution in [0.15, 0.2) is 18.3 Å². The van der Waals surface area contributed by atoms with Crippen LogP contribution in [0.2, 0.25) is 0 Å². The standard InChI is InChI=1S/C11H18N2O2/c1-8(14)11(2,3)13-10-6-5-9(15-4)7-12-10/h5-8,14H,1-4H3,(H,12,13). The quantitative estimate of drug-likeness (QED) is 0.793. The summed E-state index contributed by atoms with van der Waals surface area (Å²) in [6.45, 7) is 5.59. The van der Waals surface area contributed by atoms with Crippen LogP contribution in [-0.4, -0.2) is 28.8 Å². The van der Waals surface area contributed by atoms with Crippen LogP contribution in [0.5, 0.6) is 5.75 Å². The van der Waals surface area contributed by atoms with Crippen molar-refractivity contribution in [3.63, 3.8) is 0 Å². The first-order valence-corrected chi connectivity index (χ1v) is 4.92. The van der Waals surface area contributed by atoms with Gasteiger partial charge in [-0.05, 0) is 32.9 Å². The van der Waals surface area contributed by atoms with Gasteiger partial charge in [0.1, 0.15) is 11.6 Å². The molecule has 0 fully saturated rings. The van der Waals surface area contributed by atoms with E-state index in [4.69, 9.17) is 4.74 Å². The van der Waals surface area contributed by atoms with Gasteiger partial charge >= 0.3 is 0 Å². The molecular weight excluding hydrogens is 192 g/mol. The molecule has 0 aliphatic heterocycles. The molecule has 0 aliphatic carbocycles. The van der Waals surface area contributed by atoms with Crippen LogP contribution < -0.4 is 10.1 Å². The molecule has 0 aromatic carbocycles. The van der Waals surface area contributed by atoms with Crippen LogP contribution in [0.25, 0.3) is 0 Å². The van der Waals surface area contributed by atoms with Gasteiger partial charge < -0.3 is 15.2 Å². The molecule has 0 amide bonds. The minimum Gasteiger partial charge on any atom is -0.495 e. The number of hydrogen-bond donors (Lipinski definition) is 2. The molecule has 84 valence electrons. The minimum atomic E-state index is -0.457. The zero-order chi connectivity index (χ0) is 11.5. The molecule has 1 rings (SSSR count). The fourth-order valence-corrected chi connectivity index (χ4v) is 1.01. The molecule has 0 aliphatic rings. The summed E-state index contributed by atoms with van der Waals surface area (Å²) < 4.78 is 5.01. The summed E-state index contributed by atoms with van der Waals surface area (Å²) in [5, 5.41) is 12.7. The first-order chi connectivity index (χ1) is 6.95. The van der Waals surface area contributed by atoms with E-state index in [1.165, 1.54) is 0 Å². The maximum Gasteiger partial charge on any atom is 0.137 e. The first-order valence-electron chi connectivity index (χ1n) is 4.92. The third kappa shape index (κ3) is 3.09. The van der Waals surface area contributed by atoms with Gasteiger partial charge in [-0.3, -0.25) is 0 Å². The number of methoxy groups -OCH3 is 1. The van der Waals surface area contributed by atoms with Crippen molar-refractivity contribution < 1.29 is 9.84 Å². The second kappa shape index (κ2) is 4.49. The number of rotatable bonds is 4. The van der Waals surface area contributed by atoms with Gasteiger partial charge in [-0.25, -0.2) is 4.98 Å². The van der Waals surface area contributed by atoms with E-state index in [-0.39, 0.29) is 0 Å². The Labute approximate surface area is 90.3 Å². The zero-order valence-electron chi connectivity index (χ0n) is 9.61. The molecule has 0 saturated heterocycles. The summed E-state index contributed by atoms with van der Waals surface area (Å²) in [5.74, 6) is 1.44. The molecule has 0 saturated carbocycles. The summed E-state index contributed by atoms with van der Waals surface area (Å²) >= 11 is 0. The van der Waals surface area contributed by atoms with Gasteiger partial charge in [0.05, 0.1) is 24.9 Å². The molecule has 0 spiro atoms. The summed E-state index contributed by atoms with van der Waals surface area (Å²) in [7, 11) is 1.60. The van der Waals surface area contributed by atoms with Gasteiger partial charge in [0.15, 0.2) is 0 Å². The van der Waals surface area contributed by atoms with Gasteiger partial charge in [-0.2, -0.15) is 0 Å². The molecule has 4 nitrogen and oxygen atoms in total. The number of aliphatic hydroxyl groups excluding tert-OH is 1. The molecule has 1 atom stereocenters. The topological polar surface area (TPSA) is 54.4 Å². The summed E-state index contributed by atoms with van der Waals surface area (Å²) in [6.07, 6.45) is 1.18. The number of anilines is 1. The molecule has 1 aromatic rings. The van der Waals surface area contributed by atoms with E-state index in [1.54, 1.807) is 20.2 Å². The van der Waals surface area contributed by atoms with Crippen molar-refractivity contribution in [1.82, 2.24) is 4.98 Å². The summed E-state index contributed by atoms with van der Waals surface area (Å²) in [4.78, 5) is 4.17. The predicted octanol–water partition coefficient (Wildman–Crippen LogP) is 1.66. The number of nitrogens with zero attached hydrogens (tertiary/aromatic N) is 1. The monoisotopic (exact) mass is 210 g/mol. The maximum absolute atomic E-state index is 9.53. The predicted molar refractivity (Wildman–Crippen MR) is 60.2 cm³/mol. The smallest absolute Gasteiger partial charge is 0.137 e. The van der Waals surface area contributed by atoms with Crippen molar-refractivity contribution in [3.05, 3.63) is 18.3 Å². The van der Waals surface area contributed by atoms with Crippen LogP contribution in [0.3, 0.4) is 0 Å². The molecular formula is C11H18N2O2. The number of aliphatic hydroxyl groups is 1. The van der Waals surface area contributed by atoms with Crippen molar-refractivity contribution in [2.45, 2.75) is 32.4 Å². The summed E-state index contributed by atoms with van der Waals surface area (Å²) in [5.41, 5.74) is -0.401. The van der Waals surface area contributed by atoms with E-state index in [0.717, 1.165) is 11.6 Å². The van der Waals surface area contributed by atoms with Crippen molar-refractivity contribution in [2.75, 3.05) is 12.4 Å².